The number of allylic oxidation sites excluding steroid dienone is 4. The minimum atomic E-state index is 0.0158. The van der Waals surface area contributed by atoms with Crippen molar-refractivity contribution in [3.05, 3.63) is 181 Å². The van der Waals surface area contributed by atoms with Crippen molar-refractivity contribution in [2.24, 2.45) is 5.92 Å². The minimum absolute atomic E-state index is 0.0158. The Morgan fingerprint density at radius 2 is 1.04 bits per heavy atom. The van der Waals surface area contributed by atoms with E-state index in [4.69, 9.17) is 9.97 Å². The van der Waals surface area contributed by atoms with Gasteiger partial charge in [-0.15, -0.1) is 0 Å². The quantitative estimate of drug-likeness (QED) is 0.175. The van der Waals surface area contributed by atoms with E-state index < -0.39 is 0 Å². The van der Waals surface area contributed by atoms with Crippen LogP contribution in [0.4, 0.5) is 0 Å². The van der Waals surface area contributed by atoms with Crippen LogP contribution in [-0.4, -0.2) is 9.97 Å². The van der Waals surface area contributed by atoms with Crippen molar-refractivity contribution in [3.8, 4) is 45.0 Å². The Balaban J connectivity index is 1.12. The van der Waals surface area contributed by atoms with Crippen LogP contribution in [0.15, 0.2) is 164 Å². The second-order valence-electron chi connectivity index (χ2n) is 13.8. The summed E-state index contributed by atoms with van der Waals surface area (Å²) in [6.07, 6.45) is 15.1. The van der Waals surface area contributed by atoms with Gasteiger partial charge < -0.3 is 0 Å². The van der Waals surface area contributed by atoms with Crippen LogP contribution < -0.4 is 0 Å². The van der Waals surface area contributed by atoms with E-state index in [1.165, 1.54) is 59.9 Å². The average Bonchev–Trinajstić information content (AvgIpc) is 3.19. The van der Waals surface area contributed by atoms with Crippen molar-refractivity contribution in [1.29, 1.82) is 0 Å². The fourth-order valence-electron chi connectivity index (χ4n) is 7.97. The third-order valence-electron chi connectivity index (χ3n) is 10.7. The Bertz CT molecular complexity index is 2030. The first-order valence-corrected chi connectivity index (χ1v) is 17.8. The lowest BCUT2D eigenvalue weighted by atomic mass is 9.65. The third kappa shape index (κ3) is 6.32. The molecule has 2 aliphatic carbocycles. The largest absolute Gasteiger partial charge is 0.228 e. The maximum Gasteiger partial charge on any atom is 0.160 e. The predicted molar refractivity (Wildman–Crippen MR) is 204 cm³/mol. The standard InChI is InChI=1S/C47H42N2/c1-34-14-9-10-21-43(34)40-20-13-19-39(32-40)35-22-26-41(27-23-35)47(30-11-4-12-31-47)42-28-24-37(25-29-42)45-33-44(36-15-5-2-6-16-36)48-46(49-45)38-17-7-3-8-18-38/h2-3,5-10,13-29,32-34,43H,4,11-12,30-31H2,1H3. The van der Waals surface area contributed by atoms with Crippen LogP contribution >= 0.6 is 0 Å². The summed E-state index contributed by atoms with van der Waals surface area (Å²) in [4.78, 5) is 10.1. The Hall–Kier alpha value is -5.34. The highest BCUT2D eigenvalue weighted by molar-refractivity contribution is 5.72. The van der Waals surface area contributed by atoms with E-state index >= 15 is 0 Å². The van der Waals surface area contributed by atoms with Gasteiger partial charge in [0.05, 0.1) is 11.4 Å². The molecule has 0 amide bonds. The van der Waals surface area contributed by atoms with Crippen LogP contribution in [0.5, 0.6) is 0 Å². The highest BCUT2D eigenvalue weighted by atomic mass is 14.9. The molecule has 0 saturated heterocycles. The van der Waals surface area contributed by atoms with Gasteiger partial charge in [-0.3, -0.25) is 0 Å². The molecule has 2 heteroatoms. The molecule has 2 unspecified atom stereocenters. The molecule has 2 aliphatic rings. The lowest BCUT2D eigenvalue weighted by molar-refractivity contribution is 0.346. The SMILES string of the molecule is CC1C=CC=CC1c1cccc(-c2ccc(C3(c4ccc(-c5cc(-c6ccccc6)nc(-c6ccccc6)n5)cc4)CCCCC3)cc2)c1. The van der Waals surface area contributed by atoms with Crippen molar-refractivity contribution in [2.45, 2.75) is 50.4 Å². The van der Waals surface area contributed by atoms with Crippen LogP contribution in [0.3, 0.4) is 0 Å². The number of hydrogen-bond donors (Lipinski definition) is 0. The van der Waals surface area contributed by atoms with Gasteiger partial charge in [0.25, 0.3) is 0 Å². The van der Waals surface area contributed by atoms with Gasteiger partial charge in [-0.1, -0.05) is 184 Å². The van der Waals surface area contributed by atoms with Gasteiger partial charge in [0.1, 0.15) is 0 Å². The molecule has 0 bridgehead atoms. The van der Waals surface area contributed by atoms with Crippen LogP contribution in [0.2, 0.25) is 0 Å². The van der Waals surface area contributed by atoms with Gasteiger partial charge in [0.2, 0.25) is 0 Å². The molecular weight excluding hydrogens is 593 g/mol. The Morgan fingerprint density at radius 3 is 1.67 bits per heavy atom. The summed E-state index contributed by atoms with van der Waals surface area (Å²) < 4.78 is 0. The van der Waals surface area contributed by atoms with Gasteiger partial charge in [0, 0.05) is 28.0 Å². The van der Waals surface area contributed by atoms with Gasteiger partial charge >= 0.3 is 0 Å². The molecule has 0 N–H and O–H groups in total. The number of benzene rings is 5. The Labute approximate surface area is 291 Å². The van der Waals surface area contributed by atoms with Crippen molar-refractivity contribution in [3.63, 3.8) is 0 Å². The molecule has 2 atom stereocenters. The second kappa shape index (κ2) is 13.6. The van der Waals surface area contributed by atoms with Gasteiger partial charge in [-0.05, 0) is 52.6 Å². The highest BCUT2D eigenvalue weighted by Gasteiger charge is 2.35. The molecule has 0 aliphatic heterocycles. The molecule has 49 heavy (non-hydrogen) atoms. The van der Waals surface area contributed by atoms with Crippen molar-refractivity contribution >= 4 is 0 Å². The molecule has 1 fully saturated rings. The highest BCUT2D eigenvalue weighted by Crippen LogP contribution is 2.46. The topological polar surface area (TPSA) is 25.8 Å². The molecular formula is C47H42N2. The predicted octanol–water partition coefficient (Wildman–Crippen LogP) is 12.2. The summed E-state index contributed by atoms with van der Waals surface area (Å²) in [7, 11) is 0. The smallest absolute Gasteiger partial charge is 0.160 e. The van der Waals surface area contributed by atoms with E-state index in [0.717, 1.165) is 33.9 Å². The fraction of sp³-hybridized carbons (Fsp3) is 0.191. The summed E-state index contributed by atoms with van der Waals surface area (Å²) in [6, 6.07) is 50.7. The van der Waals surface area contributed by atoms with E-state index in [-0.39, 0.29) is 5.41 Å². The molecule has 0 radical (unpaired) electrons. The van der Waals surface area contributed by atoms with Crippen molar-refractivity contribution in [1.82, 2.24) is 9.97 Å². The average molecular weight is 635 g/mol. The van der Waals surface area contributed by atoms with E-state index in [1.54, 1.807) is 0 Å². The van der Waals surface area contributed by atoms with Gasteiger partial charge in [0.15, 0.2) is 5.82 Å². The number of aromatic nitrogens is 2. The maximum absolute atomic E-state index is 5.08. The zero-order chi connectivity index (χ0) is 33.0. The van der Waals surface area contributed by atoms with E-state index in [2.05, 4.69) is 146 Å². The molecule has 5 aromatic carbocycles. The lowest BCUT2D eigenvalue weighted by Gasteiger charge is -2.39. The molecule has 2 nitrogen and oxygen atoms in total. The summed E-state index contributed by atoms with van der Waals surface area (Å²) in [5.41, 5.74) is 11.9. The summed E-state index contributed by atoms with van der Waals surface area (Å²) >= 11 is 0. The van der Waals surface area contributed by atoms with Crippen molar-refractivity contribution < 1.29 is 0 Å². The normalized spacial score (nSPS) is 18.3. The minimum Gasteiger partial charge on any atom is -0.228 e. The fourth-order valence-corrected chi connectivity index (χ4v) is 7.97. The van der Waals surface area contributed by atoms with Gasteiger partial charge in [-0.2, -0.15) is 0 Å². The molecule has 240 valence electrons. The van der Waals surface area contributed by atoms with Crippen LogP contribution in [0, 0.1) is 5.92 Å². The van der Waals surface area contributed by atoms with Crippen molar-refractivity contribution in [2.75, 3.05) is 0 Å². The molecule has 1 aromatic heterocycles. The zero-order valence-electron chi connectivity index (χ0n) is 28.2. The zero-order valence-corrected chi connectivity index (χ0v) is 28.2. The number of rotatable bonds is 7. The first kappa shape index (κ1) is 31.0. The summed E-state index contributed by atoms with van der Waals surface area (Å²) in [5, 5.41) is 0. The van der Waals surface area contributed by atoms with E-state index in [0.29, 0.717) is 11.8 Å². The first-order chi connectivity index (χ1) is 24.2. The van der Waals surface area contributed by atoms with Crippen LogP contribution in [0.1, 0.15) is 61.6 Å². The third-order valence-corrected chi connectivity index (χ3v) is 10.7. The summed E-state index contributed by atoms with van der Waals surface area (Å²) in [6.45, 7) is 2.31. The molecule has 6 aromatic rings. The lowest BCUT2D eigenvalue weighted by Crippen LogP contribution is -2.30. The van der Waals surface area contributed by atoms with Crippen LogP contribution in [-0.2, 0) is 5.41 Å². The second-order valence-corrected chi connectivity index (χ2v) is 13.8. The summed E-state index contributed by atoms with van der Waals surface area (Å²) in [5.74, 6) is 1.68. The maximum atomic E-state index is 5.08. The van der Waals surface area contributed by atoms with Gasteiger partial charge in [-0.25, -0.2) is 9.97 Å². The van der Waals surface area contributed by atoms with E-state index in [1.807, 2.05) is 24.3 Å². The number of hydrogen-bond acceptors (Lipinski definition) is 2. The molecule has 1 heterocycles. The van der Waals surface area contributed by atoms with E-state index in [9.17, 15) is 0 Å². The monoisotopic (exact) mass is 634 g/mol. The number of nitrogens with zero attached hydrogens (tertiary/aromatic N) is 2. The molecule has 1 saturated carbocycles. The first-order valence-electron chi connectivity index (χ1n) is 17.8. The Kier molecular flexibility index (Phi) is 8.62. The molecule has 8 rings (SSSR count). The van der Waals surface area contributed by atoms with Crippen LogP contribution in [0.25, 0.3) is 45.0 Å². The Morgan fingerprint density at radius 1 is 0.490 bits per heavy atom. The molecule has 0 spiro atoms.